The Morgan fingerprint density at radius 2 is 2.25 bits per heavy atom. The third-order valence-corrected chi connectivity index (χ3v) is 3.69. The van der Waals surface area contributed by atoms with E-state index in [1.165, 1.54) is 6.42 Å². The molecule has 1 saturated heterocycles. The Morgan fingerprint density at radius 3 is 2.81 bits per heavy atom. The van der Waals surface area contributed by atoms with Crippen LogP contribution in [0.5, 0.6) is 0 Å². The number of hydrogen-bond donors (Lipinski definition) is 1. The molecule has 1 aliphatic rings. The molecule has 0 aromatic carbocycles. The predicted octanol–water partition coefficient (Wildman–Crippen LogP) is 3.22. The van der Waals surface area contributed by atoms with Crippen molar-refractivity contribution in [2.45, 2.75) is 63.8 Å². The van der Waals surface area contributed by atoms with Gasteiger partial charge in [0.15, 0.2) is 5.78 Å². The molecule has 2 heteroatoms. The molecule has 92 valence electrons. The molecule has 1 heterocycles. The van der Waals surface area contributed by atoms with Crippen molar-refractivity contribution >= 4 is 5.78 Å². The average Bonchev–Trinajstić information content (AvgIpc) is 2.78. The first-order chi connectivity index (χ1) is 7.75. The molecule has 0 aromatic rings. The lowest BCUT2D eigenvalue weighted by Crippen LogP contribution is -2.46. The SMILES string of the molecule is C=CCCCCCC(=O)C1(CC)CCCN1. The summed E-state index contributed by atoms with van der Waals surface area (Å²) in [6.45, 7) is 6.83. The fraction of sp³-hybridized carbons (Fsp3) is 0.786. The smallest absolute Gasteiger partial charge is 0.152 e. The quantitative estimate of drug-likeness (QED) is 0.505. The number of hydrogen-bond acceptors (Lipinski definition) is 2. The van der Waals surface area contributed by atoms with E-state index < -0.39 is 0 Å². The van der Waals surface area contributed by atoms with Crippen LogP contribution in [0.2, 0.25) is 0 Å². The third kappa shape index (κ3) is 3.44. The summed E-state index contributed by atoms with van der Waals surface area (Å²) in [6.07, 6.45) is 10.3. The first-order valence-corrected chi connectivity index (χ1v) is 6.64. The molecule has 1 N–H and O–H groups in total. The minimum Gasteiger partial charge on any atom is -0.305 e. The third-order valence-electron chi connectivity index (χ3n) is 3.69. The summed E-state index contributed by atoms with van der Waals surface area (Å²) in [7, 11) is 0. The van der Waals surface area contributed by atoms with E-state index in [9.17, 15) is 4.79 Å². The van der Waals surface area contributed by atoms with Gasteiger partial charge >= 0.3 is 0 Å². The van der Waals surface area contributed by atoms with E-state index in [1.54, 1.807) is 0 Å². The Hall–Kier alpha value is -0.630. The fourth-order valence-electron chi connectivity index (χ4n) is 2.53. The lowest BCUT2D eigenvalue weighted by molar-refractivity contribution is -0.125. The van der Waals surface area contributed by atoms with Crippen LogP contribution in [0.25, 0.3) is 0 Å². The Balaban J connectivity index is 2.25. The average molecular weight is 223 g/mol. The molecule has 0 spiro atoms. The van der Waals surface area contributed by atoms with Gasteiger partial charge in [-0.2, -0.15) is 0 Å². The van der Waals surface area contributed by atoms with Crippen molar-refractivity contribution < 1.29 is 4.79 Å². The van der Waals surface area contributed by atoms with Crippen LogP contribution < -0.4 is 5.32 Å². The Bertz CT molecular complexity index is 229. The molecule has 1 fully saturated rings. The van der Waals surface area contributed by atoms with Crippen LogP contribution in [0.1, 0.15) is 58.3 Å². The monoisotopic (exact) mass is 223 g/mol. The van der Waals surface area contributed by atoms with E-state index in [0.29, 0.717) is 5.78 Å². The molecular weight excluding hydrogens is 198 g/mol. The molecular formula is C14H25NO. The van der Waals surface area contributed by atoms with E-state index in [0.717, 1.165) is 51.5 Å². The second kappa shape index (κ2) is 6.85. The molecule has 0 aliphatic carbocycles. The van der Waals surface area contributed by atoms with Gasteiger partial charge in [0.1, 0.15) is 0 Å². The van der Waals surface area contributed by atoms with E-state index in [2.05, 4.69) is 18.8 Å². The zero-order valence-electron chi connectivity index (χ0n) is 10.6. The van der Waals surface area contributed by atoms with Gasteiger partial charge in [-0.1, -0.05) is 19.4 Å². The number of ketones is 1. The maximum atomic E-state index is 12.1. The molecule has 1 atom stereocenters. The highest BCUT2D eigenvalue weighted by atomic mass is 16.1. The summed E-state index contributed by atoms with van der Waals surface area (Å²) in [5.74, 6) is 0.436. The standard InChI is InChI=1S/C14H25NO/c1-3-5-6-7-8-10-13(16)14(4-2)11-9-12-15-14/h3,15H,1,4-12H2,2H3. The van der Waals surface area contributed by atoms with Crippen molar-refractivity contribution in [1.82, 2.24) is 5.32 Å². The second-order valence-electron chi connectivity index (χ2n) is 4.78. The van der Waals surface area contributed by atoms with Crippen LogP contribution in [0.4, 0.5) is 0 Å². The van der Waals surface area contributed by atoms with Gasteiger partial charge in [0.25, 0.3) is 0 Å². The fourth-order valence-corrected chi connectivity index (χ4v) is 2.53. The number of carbonyl (C=O) groups is 1. The lowest BCUT2D eigenvalue weighted by atomic mass is 9.86. The normalized spacial score (nSPS) is 24.6. The van der Waals surface area contributed by atoms with Gasteiger partial charge in [-0.05, 0) is 45.1 Å². The lowest BCUT2D eigenvalue weighted by Gasteiger charge is -2.26. The summed E-state index contributed by atoms with van der Waals surface area (Å²) in [4.78, 5) is 12.1. The minimum atomic E-state index is -0.168. The van der Waals surface area contributed by atoms with Gasteiger partial charge in [-0.25, -0.2) is 0 Å². The zero-order chi connectivity index (χ0) is 11.9. The summed E-state index contributed by atoms with van der Waals surface area (Å²) in [6, 6.07) is 0. The number of unbranched alkanes of at least 4 members (excludes halogenated alkanes) is 3. The molecule has 0 bridgehead atoms. The summed E-state index contributed by atoms with van der Waals surface area (Å²) >= 11 is 0. The first kappa shape index (κ1) is 13.4. The van der Waals surface area contributed by atoms with Gasteiger partial charge in [-0.15, -0.1) is 6.58 Å². The molecule has 0 amide bonds. The Labute approximate surface area is 99.5 Å². The summed E-state index contributed by atoms with van der Waals surface area (Å²) in [5, 5.41) is 3.41. The number of carbonyl (C=O) groups excluding carboxylic acids is 1. The Morgan fingerprint density at radius 1 is 1.44 bits per heavy atom. The van der Waals surface area contributed by atoms with Crippen molar-refractivity contribution in [3.8, 4) is 0 Å². The van der Waals surface area contributed by atoms with Crippen LogP contribution >= 0.6 is 0 Å². The van der Waals surface area contributed by atoms with E-state index >= 15 is 0 Å². The van der Waals surface area contributed by atoms with Crippen molar-refractivity contribution in [3.63, 3.8) is 0 Å². The largest absolute Gasteiger partial charge is 0.305 e. The number of rotatable bonds is 8. The maximum Gasteiger partial charge on any atom is 0.152 e. The van der Waals surface area contributed by atoms with Crippen molar-refractivity contribution in [2.24, 2.45) is 0 Å². The van der Waals surface area contributed by atoms with Crippen LogP contribution in [0, 0.1) is 0 Å². The van der Waals surface area contributed by atoms with E-state index in [-0.39, 0.29) is 5.54 Å². The molecule has 1 unspecified atom stereocenters. The van der Waals surface area contributed by atoms with Crippen molar-refractivity contribution in [2.75, 3.05) is 6.54 Å². The molecule has 0 saturated carbocycles. The molecule has 1 aliphatic heterocycles. The van der Waals surface area contributed by atoms with Crippen molar-refractivity contribution in [1.29, 1.82) is 0 Å². The van der Waals surface area contributed by atoms with Gasteiger partial charge in [0.2, 0.25) is 0 Å². The van der Waals surface area contributed by atoms with E-state index in [1.807, 2.05) is 6.08 Å². The van der Waals surface area contributed by atoms with E-state index in [4.69, 9.17) is 0 Å². The van der Waals surface area contributed by atoms with Gasteiger partial charge in [0.05, 0.1) is 5.54 Å². The van der Waals surface area contributed by atoms with Crippen LogP contribution in [0.15, 0.2) is 12.7 Å². The maximum absolute atomic E-state index is 12.1. The number of allylic oxidation sites excluding steroid dienone is 1. The molecule has 16 heavy (non-hydrogen) atoms. The van der Waals surface area contributed by atoms with Crippen LogP contribution in [0.3, 0.4) is 0 Å². The van der Waals surface area contributed by atoms with Crippen molar-refractivity contribution in [3.05, 3.63) is 12.7 Å². The molecule has 0 aromatic heterocycles. The topological polar surface area (TPSA) is 29.1 Å². The Kier molecular flexibility index (Phi) is 5.75. The summed E-state index contributed by atoms with van der Waals surface area (Å²) in [5.41, 5.74) is -0.168. The van der Waals surface area contributed by atoms with Gasteiger partial charge < -0.3 is 5.32 Å². The first-order valence-electron chi connectivity index (χ1n) is 6.64. The summed E-state index contributed by atoms with van der Waals surface area (Å²) < 4.78 is 0. The van der Waals surface area contributed by atoms with Gasteiger partial charge in [-0.3, -0.25) is 4.79 Å². The van der Waals surface area contributed by atoms with Gasteiger partial charge in [0, 0.05) is 6.42 Å². The minimum absolute atomic E-state index is 0.168. The number of nitrogens with one attached hydrogen (secondary N) is 1. The highest BCUT2D eigenvalue weighted by Gasteiger charge is 2.37. The molecule has 0 radical (unpaired) electrons. The highest BCUT2D eigenvalue weighted by Crippen LogP contribution is 2.26. The van der Waals surface area contributed by atoms with Crippen LogP contribution in [-0.2, 0) is 4.79 Å². The zero-order valence-corrected chi connectivity index (χ0v) is 10.6. The number of Topliss-reactive ketones (excluding diaryl/α,β-unsaturated/α-hetero) is 1. The van der Waals surface area contributed by atoms with Crippen LogP contribution in [-0.4, -0.2) is 17.9 Å². The molecule has 1 rings (SSSR count). The second-order valence-corrected chi connectivity index (χ2v) is 4.78. The predicted molar refractivity (Wildman–Crippen MR) is 68.5 cm³/mol. The molecule has 2 nitrogen and oxygen atoms in total. The highest BCUT2D eigenvalue weighted by molar-refractivity contribution is 5.88.